The van der Waals surface area contributed by atoms with Crippen molar-refractivity contribution in [1.82, 2.24) is 0 Å². The van der Waals surface area contributed by atoms with Gasteiger partial charge in [-0.2, -0.15) is 0 Å². The van der Waals surface area contributed by atoms with Crippen molar-refractivity contribution >= 4 is 11.6 Å². The molecular weight excluding hydrogens is 196 g/mol. The van der Waals surface area contributed by atoms with Crippen LogP contribution >= 0.6 is 11.6 Å². The molecule has 0 aliphatic rings. The first-order valence-electron chi connectivity index (χ1n) is 4.61. The second-order valence-electron chi connectivity index (χ2n) is 2.91. The molecule has 1 nitrogen and oxygen atoms in total. The summed E-state index contributed by atoms with van der Waals surface area (Å²) in [5, 5.41) is 8.77. The Hall–Kier alpha value is -0.970. The van der Waals surface area contributed by atoms with Crippen LogP contribution in [0.1, 0.15) is 17.5 Å². The number of halogens is 1. The van der Waals surface area contributed by atoms with Gasteiger partial charge in [0.05, 0.1) is 0 Å². The van der Waals surface area contributed by atoms with Crippen molar-refractivity contribution in [2.24, 2.45) is 0 Å². The first-order chi connectivity index (χ1) is 6.86. The maximum Gasteiger partial charge on any atom is 0.0471 e. The van der Waals surface area contributed by atoms with Crippen molar-refractivity contribution in [3.8, 4) is 11.8 Å². The Morgan fingerprint density at radius 3 is 2.93 bits per heavy atom. The molecule has 0 amide bonds. The van der Waals surface area contributed by atoms with Gasteiger partial charge in [-0.25, -0.2) is 0 Å². The molecule has 74 valence electrons. The predicted molar refractivity (Wildman–Crippen MR) is 59.4 cm³/mol. The minimum absolute atomic E-state index is 0.179. The second kappa shape index (κ2) is 6.48. The van der Waals surface area contributed by atoms with Crippen LogP contribution in [-0.2, 0) is 6.42 Å². The molecule has 0 aliphatic heterocycles. The minimum Gasteiger partial charge on any atom is -0.396 e. The number of hydrogen-bond donors (Lipinski definition) is 1. The Bertz CT molecular complexity index is 336. The van der Waals surface area contributed by atoms with Crippen LogP contribution in [0, 0.1) is 11.8 Å². The molecule has 0 heterocycles. The average Bonchev–Trinajstić information content (AvgIpc) is 2.19. The van der Waals surface area contributed by atoms with Gasteiger partial charge in [0, 0.05) is 24.5 Å². The Morgan fingerprint density at radius 1 is 1.36 bits per heavy atom. The highest BCUT2D eigenvalue weighted by molar-refractivity contribution is 6.18. The van der Waals surface area contributed by atoms with Gasteiger partial charge in [0.1, 0.15) is 0 Å². The fourth-order valence-electron chi connectivity index (χ4n) is 1.15. The van der Waals surface area contributed by atoms with Crippen molar-refractivity contribution < 1.29 is 5.11 Å². The van der Waals surface area contributed by atoms with Gasteiger partial charge in [-0.15, -0.1) is 11.6 Å². The normalized spacial score (nSPS) is 9.29. The van der Waals surface area contributed by atoms with E-state index in [1.807, 2.05) is 24.3 Å². The van der Waals surface area contributed by atoms with Crippen LogP contribution in [0.2, 0.25) is 0 Å². The number of aliphatic hydroxyl groups excluding tert-OH is 1. The van der Waals surface area contributed by atoms with Gasteiger partial charge in [0.15, 0.2) is 0 Å². The molecular formula is C12H13ClO. The lowest BCUT2D eigenvalue weighted by molar-refractivity contribution is 0.299. The molecule has 0 aliphatic carbocycles. The molecule has 0 saturated carbocycles. The lowest BCUT2D eigenvalue weighted by Gasteiger charge is -1.97. The van der Waals surface area contributed by atoms with Crippen molar-refractivity contribution in [2.75, 3.05) is 12.5 Å². The largest absolute Gasteiger partial charge is 0.396 e. The number of alkyl halides is 1. The number of hydrogen-bond acceptors (Lipinski definition) is 1. The Morgan fingerprint density at radius 2 is 2.21 bits per heavy atom. The van der Waals surface area contributed by atoms with E-state index in [2.05, 4.69) is 11.8 Å². The zero-order chi connectivity index (χ0) is 10.2. The Balaban J connectivity index is 2.69. The summed E-state index contributed by atoms with van der Waals surface area (Å²) in [5.74, 6) is 6.58. The van der Waals surface area contributed by atoms with Gasteiger partial charge >= 0.3 is 0 Å². The standard InChI is InChI=1S/C12H13ClO/c13-8-2-1-4-11-5-3-6-12(10-11)7-9-14/h3,5-6,10,14H,2,7-9H2. The number of benzene rings is 1. The monoisotopic (exact) mass is 208 g/mol. The van der Waals surface area contributed by atoms with E-state index in [1.54, 1.807) is 0 Å². The molecule has 1 aromatic carbocycles. The lowest BCUT2D eigenvalue weighted by Crippen LogP contribution is -1.90. The first kappa shape index (κ1) is 11.1. The summed E-state index contributed by atoms with van der Waals surface area (Å²) >= 11 is 5.51. The summed E-state index contributed by atoms with van der Waals surface area (Å²) in [7, 11) is 0. The lowest BCUT2D eigenvalue weighted by atomic mass is 10.1. The highest BCUT2D eigenvalue weighted by Crippen LogP contribution is 2.04. The fraction of sp³-hybridized carbons (Fsp3) is 0.333. The van der Waals surface area contributed by atoms with Gasteiger partial charge in [-0.3, -0.25) is 0 Å². The Kier molecular flexibility index (Phi) is 5.14. The van der Waals surface area contributed by atoms with E-state index in [0.717, 1.165) is 11.1 Å². The third-order valence-electron chi connectivity index (χ3n) is 1.78. The molecule has 0 fully saturated rings. The Labute approximate surface area is 89.7 Å². The maximum absolute atomic E-state index is 8.77. The number of aliphatic hydroxyl groups is 1. The summed E-state index contributed by atoms with van der Waals surface area (Å²) in [6.07, 6.45) is 1.40. The van der Waals surface area contributed by atoms with E-state index < -0.39 is 0 Å². The second-order valence-corrected chi connectivity index (χ2v) is 3.29. The zero-order valence-corrected chi connectivity index (χ0v) is 8.72. The van der Waals surface area contributed by atoms with Crippen LogP contribution in [0.4, 0.5) is 0 Å². The van der Waals surface area contributed by atoms with Crippen LogP contribution in [0.25, 0.3) is 0 Å². The topological polar surface area (TPSA) is 20.2 Å². The van der Waals surface area contributed by atoms with Crippen LogP contribution in [0.5, 0.6) is 0 Å². The molecule has 0 spiro atoms. The molecule has 0 aromatic heterocycles. The van der Waals surface area contributed by atoms with E-state index in [0.29, 0.717) is 18.7 Å². The predicted octanol–water partition coefficient (Wildman–Crippen LogP) is 2.20. The van der Waals surface area contributed by atoms with E-state index in [4.69, 9.17) is 16.7 Å². The molecule has 2 heteroatoms. The molecule has 0 unspecified atom stereocenters. The molecule has 14 heavy (non-hydrogen) atoms. The summed E-state index contributed by atoms with van der Waals surface area (Å²) in [6, 6.07) is 7.90. The summed E-state index contributed by atoms with van der Waals surface area (Å²) in [6.45, 7) is 0.179. The minimum atomic E-state index is 0.179. The highest BCUT2D eigenvalue weighted by Gasteiger charge is 1.92. The maximum atomic E-state index is 8.77. The molecule has 0 bridgehead atoms. The zero-order valence-electron chi connectivity index (χ0n) is 7.96. The van der Waals surface area contributed by atoms with Crippen LogP contribution in [-0.4, -0.2) is 17.6 Å². The van der Waals surface area contributed by atoms with Crippen LogP contribution < -0.4 is 0 Å². The fourth-order valence-corrected chi connectivity index (χ4v) is 1.24. The van der Waals surface area contributed by atoms with E-state index in [1.165, 1.54) is 0 Å². The van der Waals surface area contributed by atoms with Crippen molar-refractivity contribution in [3.63, 3.8) is 0 Å². The van der Waals surface area contributed by atoms with Crippen molar-refractivity contribution in [3.05, 3.63) is 35.4 Å². The SMILES string of the molecule is OCCc1cccc(C#CCCCl)c1. The number of rotatable bonds is 3. The summed E-state index contributed by atoms with van der Waals surface area (Å²) < 4.78 is 0. The highest BCUT2D eigenvalue weighted by atomic mass is 35.5. The van der Waals surface area contributed by atoms with Crippen molar-refractivity contribution in [1.29, 1.82) is 0 Å². The molecule has 0 atom stereocenters. The summed E-state index contributed by atoms with van der Waals surface area (Å²) in [5.41, 5.74) is 2.10. The van der Waals surface area contributed by atoms with Gasteiger partial charge in [0.2, 0.25) is 0 Å². The average molecular weight is 209 g/mol. The summed E-state index contributed by atoms with van der Waals surface area (Å²) in [4.78, 5) is 0. The van der Waals surface area contributed by atoms with Crippen molar-refractivity contribution in [2.45, 2.75) is 12.8 Å². The van der Waals surface area contributed by atoms with Gasteiger partial charge in [-0.05, 0) is 24.1 Å². The van der Waals surface area contributed by atoms with Gasteiger partial charge in [-0.1, -0.05) is 24.0 Å². The smallest absolute Gasteiger partial charge is 0.0471 e. The van der Waals surface area contributed by atoms with Crippen LogP contribution in [0.3, 0.4) is 0 Å². The molecule has 1 rings (SSSR count). The molecule has 1 N–H and O–H groups in total. The quantitative estimate of drug-likeness (QED) is 0.597. The van der Waals surface area contributed by atoms with E-state index in [9.17, 15) is 0 Å². The van der Waals surface area contributed by atoms with E-state index in [-0.39, 0.29) is 6.61 Å². The van der Waals surface area contributed by atoms with Gasteiger partial charge < -0.3 is 5.11 Å². The van der Waals surface area contributed by atoms with Crippen LogP contribution in [0.15, 0.2) is 24.3 Å². The third kappa shape index (κ3) is 3.83. The molecule has 1 aromatic rings. The van der Waals surface area contributed by atoms with Gasteiger partial charge in [0.25, 0.3) is 0 Å². The third-order valence-corrected chi connectivity index (χ3v) is 1.97. The molecule has 0 saturated heterocycles. The van der Waals surface area contributed by atoms with E-state index >= 15 is 0 Å². The first-order valence-corrected chi connectivity index (χ1v) is 5.15. The molecule has 0 radical (unpaired) electrons.